The Morgan fingerprint density at radius 2 is 1.50 bits per heavy atom. The van der Waals surface area contributed by atoms with Crippen LogP contribution >= 0.6 is 34.8 Å². The summed E-state index contributed by atoms with van der Waals surface area (Å²) < 4.78 is 3.55. The molecule has 0 saturated carbocycles. The Bertz CT molecular complexity index is 634. The Morgan fingerprint density at radius 1 is 0.955 bits per heavy atom. The van der Waals surface area contributed by atoms with Gasteiger partial charge in [-0.25, -0.2) is 4.79 Å². The molecule has 0 aliphatic carbocycles. The second kappa shape index (κ2) is 7.68. The molecule has 0 N–H and O–H groups in total. The van der Waals surface area contributed by atoms with Gasteiger partial charge in [0.25, 0.3) is 0 Å². The van der Waals surface area contributed by atoms with Crippen LogP contribution in [0.2, 0.25) is 0 Å². The maximum absolute atomic E-state index is 12.1. The zero-order valence-electron chi connectivity index (χ0n) is 11.5. The summed E-state index contributed by atoms with van der Waals surface area (Å²) in [5.41, 5.74) is 1.31. The second-order valence-electron chi connectivity index (χ2n) is 4.50. The monoisotopic (exact) mass is 354 g/mol. The van der Waals surface area contributed by atoms with E-state index in [2.05, 4.69) is 0 Å². The Hall–Kier alpha value is -1.48. The molecule has 0 fully saturated rings. The Balaban J connectivity index is 2.14. The van der Waals surface area contributed by atoms with Crippen LogP contribution in [0.25, 0.3) is 6.08 Å². The number of carbonyl (C=O) groups excluding carboxylic acids is 1. The molecule has 0 radical (unpaired) electrons. The first-order chi connectivity index (χ1) is 10.5. The van der Waals surface area contributed by atoms with Crippen LogP contribution < -0.4 is 0 Å². The number of carbonyl (C=O) groups is 1. The molecule has 0 amide bonds. The topological polar surface area (TPSA) is 26.3 Å². The minimum absolute atomic E-state index is 0.398. The summed E-state index contributed by atoms with van der Waals surface area (Å²) in [5, 5.41) is 0. The maximum Gasteiger partial charge on any atom is 0.338 e. The first kappa shape index (κ1) is 16.9. The van der Waals surface area contributed by atoms with E-state index in [4.69, 9.17) is 39.5 Å². The molecule has 0 spiro atoms. The van der Waals surface area contributed by atoms with Gasteiger partial charge in [-0.15, -0.1) is 0 Å². The van der Waals surface area contributed by atoms with Gasteiger partial charge in [0.05, 0.1) is 5.56 Å². The fourth-order valence-corrected chi connectivity index (χ4v) is 2.09. The highest BCUT2D eigenvalue weighted by molar-refractivity contribution is 6.68. The highest BCUT2D eigenvalue weighted by Gasteiger charge is 2.34. The molecule has 22 heavy (non-hydrogen) atoms. The van der Waals surface area contributed by atoms with Crippen molar-refractivity contribution >= 4 is 46.8 Å². The molecular weight excluding hydrogens is 343 g/mol. The van der Waals surface area contributed by atoms with Crippen LogP contribution in [0.5, 0.6) is 0 Å². The van der Waals surface area contributed by atoms with Crippen molar-refractivity contribution in [3.05, 3.63) is 77.9 Å². The van der Waals surface area contributed by atoms with Gasteiger partial charge in [-0.05, 0) is 23.8 Å². The number of hydrogen-bond acceptors (Lipinski definition) is 2. The molecular formula is C17H13Cl3O2. The van der Waals surface area contributed by atoms with Gasteiger partial charge in [0, 0.05) is 0 Å². The molecule has 0 bridgehead atoms. The Labute approximate surface area is 144 Å². The third kappa shape index (κ3) is 5.06. The van der Waals surface area contributed by atoms with Gasteiger partial charge in [0.1, 0.15) is 0 Å². The highest BCUT2D eigenvalue weighted by atomic mass is 35.6. The molecule has 2 aromatic carbocycles. The van der Waals surface area contributed by atoms with Crippen LogP contribution in [0.3, 0.4) is 0 Å². The second-order valence-corrected chi connectivity index (χ2v) is 6.87. The first-order valence-electron chi connectivity index (χ1n) is 6.53. The fourth-order valence-electron chi connectivity index (χ4n) is 1.74. The number of benzene rings is 2. The summed E-state index contributed by atoms with van der Waals surface area (Å²) in [4.78, 5) is 12.1. The third-order valence-corrected chi connectivity index (χ3v) is 3.47. The van der Waals surface area contributed by atoms with Gasteiger partial charge in [-0.1, -0.05) is 89.4 Å². The van der Waals surface area contributed by atoms with Crippen molar-refractivity contribution in [1.82, 2.24) is 0 Å². The van der Waals surface area contributed by atoms with Crippen molar-refractivity contribution in [1.29, 1.82) is 0 Å². The van der Waals surface area contributed by atoms with E-state index in [0.29, 0.717) is 5.56 Å². The summed E-state index contributed by atoms with van der Waals surface area (Å²) in [6.45, 7) is 0. The quantitative estimate of drug-likeness (QED) is 0.550. The van der Waals surface area contributed by atoms with Crippen LogP contribution in [0.15, 0.2) is 66.7 Å². The Morgan fingerprint density at radius 3 is 2.05 bits per heavy atom. The van der Waals surface area contributed by atoms with Crippen LogP contribution in [-0.4, -0.2) is 15.9 Å². The number of hydrogen-bond donors (Lipinski definition) is 0. The van der Waals surface area contributed by atoms with E-state index in [1.54, 1.807) is 42.5 Å². The van der Waals surface area contributed by atoms with Gasteiger partial charge in [0.15, 0.2) is 6.10 Å². The first-order valence-corrected chi connectivity index (χ1v) is 7.66. The van der Waals surface area contributed by atoms with E-state index in [9.17, 15) is 4.79 Å². The van der Waals surface area contributed by atoms with Crippen molar-refractivity contribution in [2.24, 2.45) is 0 Å². The summed E-state index contributed by atoms with van der Waals surface area (Å²) >= 11 is 17.7. The lowest BCUT2D eigenvalue weighted by molar-refractivity contribution is 0.0402. The van der Waals surface area contributed by atoms with Crippen molar-refractivity contribution < 1.29 is 9.53 Å². The standard InChI is InChI=1S/C17H13Cl3O2/c18-17(19,20)15(12-11-13-7-3-1-4-8-13)22-16(21)14-9-5-2-6-10-14/h1-12,15H/b12-11+/t15-/m0/s1. The van der Waals surface area contributed by atoms with Gasteiger partial charge < -0.3 is 4.74 Å². The van der Waals surface area contributed by atoms with Crippen LogP contribution in [-0.2, 0) is 4.74 Å². The maximum atomic E-state index is 12.1. The van der Waals surface area contributed by atoms with E-state index >= 15 is 0 Å². The van der Waals surface area contributed by atoms with Gasteiger partial charge in [-0.3, -0.25) is 0 Å². The van der Waals surface area contributed by atoms with E-state index in [1.165, 1.54) is 0 Å². The summed E-state index contributed by atoms with van der Waals surface area (Å²) in [7, 11) is 0. The molecule has 2 nitrogen and oxygen atoms in total. The SMILES string of the molecule is O=C(O[C@@H](/C=C/c1ccccc1)C(Cl)(Cl)Cl)c1ccccc1. The molecule has 2 rings (SSSR count). The van der Waals surface area contributed by atoms with Crippen LogP contribution in [0, 0.1) is 0 Å². The van der Waals surface area contributed by atoms with Gasteiger partial charge >= 0.3 is 5.97 Å². The molecule has 2 aromatic rings. The molecule has 0 aromatic heterocycles. The molecule has 0 heterocycles. The number of ether oxygens (including phenoxy) is 1. The lowest BCUT2D eigenvalue weighted by atomic mass is 10.2. The van der Waals surface area contributed by atoms with E-state index in [0.717, 1.165) is 5.56 Å². The van der Waals surface area contributed by atoms with Gasteiger partial charge in [0.2, 0.25) is 3.79 Å². The van der Waals surface area contributed by atoms with Crippen molar-refractivity contribution in [2.75, 3.05) is 0 Å². The lowest BCUT2D eigenvalue weighted by Gasteiger charge is -2.21. The molecule has 0 aliphatic rings. The molecule has 5 heteroatoms. The lowest BCUT2D eigenvalue weighted by Crippen LogP contribution is -2.29. The molecule has 1 atom stereocenters. The zero-order valence-corrected chi connectivity index (χ0v) is 13.7. The summed E-state index contributed by atoms with van der Waals surface area (Å²) in [6, 6.07) is 18.0. The van der Waals surface area contributed by atoms with Crippen molar-refractivity contribution in [3.8, 4) is 0 Å². The number of esters is 1. The minimum atomic E-state index is -1.75. The average Bonchev–Trinajstić information content (AvgIpc) is 2.52. The van der Waals surface area contributed by atoms with Crippen molar-refractivity contribution in [3.63, 3.8) is 0 Å². The average molecular weight is 356 g/mol. The predicted octanol–water partition coefficient (Wildman–Crippen LogP) is 5.30. The van der Waals surface area contributed by atoms with E-state index < -0.39 is 15.9 Å². The molecule has 0 aliphatic heterocycles. The van der Waals surface area contributed by atoms with E-state index in [1.807, 2.05) is 30.3 Å². The van der Waals surface area contributed by atoms with Crippen LogP contribution in [0.4, 0.5) is 0 Å². The fraction of sp³-hybridized carbons (Fsp3) is 0.118. The number of halogens is 3. The molecule has 0 saturated heterocycles. The third-order valence-electron chi connectivity index (χ3n) is 2.83. The van der Waals surface area contributed by atoms with Gasteiger partial charge in [-0.2, -0.15) is 0 Å². The summed E-state index contributed by atoms with van der Waals surface area (Å²) in [5.74, 6) is -0.547. The number of alkyl halides is 3. The predicted molar refractivity (Wildman–Crippen MR) is 91.4 cm³/mol. The van der Waals surface area contributed by atoms with E-state index in [-0.39, 0.29) is 0 Å². The Kier molecular flexibility index (Phi) is 5.90. The number of rotatable bonds is 4. The smallest absolute Gasteiger partial charge is 0.338 e. The zero-order chi connectivity index (χ0) is 16.0. The molecule has 114 valence electrons. The summed E-state index contributed by atoms with van der Waals surface area (Å²) in [6.07, 6.45) is 2.30. The normalized spacial score (nSPS) is 13.0. The minimum Gasteiger partial charge on any atom is -0.450 e. The molecule has 0 unspecified atom stereocenters. The van der Waals surface area contributed by atoms with Crippen LogP contribution in [0.1, 0.15) is 15.9 Å². The highest BCUT2D eigenvalue weighted by Crippen LogP contribution is 2.34. The van der Waals surface area contributed by atoms with Crippen molar-refractivity contribution in [2.45, 2.75) is 9.90 Å². The largest absolute Gasteiger partial charge is 0.450 e.